The standard InChI is InChI=1S/C14H13FO/c1-10-3-6-14(9-11(10)2)16-13-7-4-12(15)5-8-13/h3-9H,1-2H3. The summed E-state index contributed by atoms with van der Waals surface area (Å²) in [5, 5.41) is 0. The van der Waals surface area contributed by atoms with Crippen LogP contribution in [0.3, 0.4) is 0 Å². The molecular formula is C14H13FO. The Bertz CT molecular complexity index is 489. The van der Waals surface area contributed by atoms with Gasteiger partial charge < -0.3 is 4.74 Å². The van der Waals surface area contributed by atoms with E-state index >= 15 is 0 Å². The zero-order valence-electron chi connectivity index (χ0n) is 9.33. The van der Waals surface area contributed by atoms with Crippen molar-refractivity contribution >= 4 is 0 Å². The number of rotatable bonds is 2. The summed E-state index contributed by atoms with van der Waals surface area (Å²) in [5.41, 5.74) is 2.41. The molecule has 0 aliphatic heterocycles. The summed E-state index contributed by atoms with van der Waals surface area (Å²) < 4.78 is 18.3. The first kappa shape index (κ1) is 10.7. The minimum atomic E-state index is -0.257. The number of aryl methyl sites for hydroxylation is 2. The zero-order valence-corrected chi connectivity index (χ0v) is 9.33. The van der Waals surface area contributed by atoms with Gasteiger partial charge >= 0.3 is 0 Å². The molecule has 0 aromatic heterocycles. The van der Waals surface area contributed by atoms with Crippen molar-refractivity contribution in [2.24, 2.45) is 0 Å². The Morgan fingerprint density at radius 3 is 2.06 bits per heavy atom. The van der Waals surface area contributed by atoms with Crippen molar-refractivity contribution in [1.82, 2.24) is 0 Å². The topological polar surface area (TPSA) is 9.23 Å². The first-order valence-corrected chi connectivity index (χ1v) is 5.16. The first-order valence-electron chi connectivity index (χ1n) is 5.16. The third-order valence-electron chi connectivity index (χ3n) is 2.53. The van der Waals surface area contributed by atoms with E-state index in [0.29, 0.717) is 5.75 Å². The summed E-state index contributed by atoms with van der Waals surface area (Å²) in [6.07, 6.45) is 0. The predicted octanol–water partition coefficient (Wildman–Crippen LogP) is 4.23. The van der Waals surface area contributed by atoms with E-state index in [9.17, 15) is 4.39 Å². The van der Waals surface area contributed by atoms with Crippen molar-refractivity contribution in [3.05, 3.63) is 59.4 Å². The second-order valence-electron chi connectivity index (χ2n) is 3.80. The second kappa shape index (κ2) is 4.35. The highest BCUT2D eigenvalue weighted by Gasteiger charge is 1.99. The third kappa shape index (κ3) is 2.40. The quantitative estimate of drug-likeness (QED) is 0.729. The van der Waals surface area contributed by atoms with E-state index in [0.717, 1.165) is 5.75 Å². The van der Waals surface area contributed by atoms with E-state index in [1.165, 1.54) is 23.3 Å². The normalized spacial score (nSPS) is 10.2. The molecule has 0 saturated carbocycles. The molecule has 0 saturated heterocycles. The zero-order chi connectivity index (χ0) is 11.5. The van der Waals surface area contributed by atoms with E-state index in [1.54, 1.807) is 12.1 Å². The van der Waals surface area contributed by atoms with Crippen molar-refractivity contribution in [2.45, 2.75) is 13.8 Å². The van der Waals surface area contributed by atoms with Crippen LogP contribution in [0, 0.1) is 19.7 Å². The Balaban J connectivity index is 2.20. The summed E-state index contributed by atoms with van der Waals surface area (Å²) in [5.74, 6) is 1.16. The summed E-state index contributed by atoms with van der Waals surface area (Å²) in [6, 6.07) is 11.9. The van der Waals surface area contributed by atoms with Gasteiger partial charge in [-0.2, -0.15) is 0 Å². The highest BCUT2D eigenvalue weighted by Crippen LogP contribution is 2.23. The largest absolute Gasteiger partial charge is 0.457 e. The van der Waals surface area contributed by atoms with Crippen LogP contribution in [0.1, 0.15) is 11.1 Å². The molecule has 16 heavy (non-hydrogen) atoms. The lowest BCUT2D eigenvalue weighted by molar-refractivity contribution is 0.480. The van der Waals surface area contributed by atoms with Crippen LogP contribution in [0.5, 0.6) is 11.5 Å². The van der Waals surface area contributed by atoms with Crippen LogP contribution >= 0.6 is 0 Å². The Morgan fingerprint density at radius 1 is 0.812 bits per heavy atom. The smallest absolute Gasteiger partial charge is 0.127 e. The molecule has 2 aromatic carbocycles. The molecule has 0 aliphatic carbocycles. The maximum Gasteiger partial charge on any atom is 0.127 e. The fraction of sp³-hybridized carbons (Fsp3) is 0.143. The predicted molar refractivity (Wildman–Crippen MR) is 62.4 cm³/mol. The lowest BCUT2D eigenvalue weighted by Gasteiger charge is -2.07. The second-order valence-corrected chi connectivity index (χ2v) is 3.80. The van der Waals surface area contributed by atoms with E-state index in [4.69, 9.17) is 4.74 Å². The molecule has 0 N–H and O–H groups in total. The van der Waals surface area contributed by atoms with Crippen LogP contribution in [0.15, 0.2) is 42.5 Å². The summed E-state index contributed by atoms with van der Waals surface area (Å²) in [7, 11) is 0. The Hall–Kier alpha value is -1.83. The minimum absolute atomic E-state index is 0.257. The molecule has 0 amide bonds. The van der Waals surface area contributed by atoms with Gasteiger partial charge in [0.2, 0.25) is 0 Å². The highest BCUT2D eigenvalue weighted by atomic mass is 19.1. The van der Waals surface area contributed by atoms with Crippen molar-refractivity contribution in [3.63, 3.8) is 0 Å². The van der Waals surface area contributed by atoms with Crippen LogP contribution in [0.25, 0.3) is 0 Å². The fourth-order valence-corrected chi connectivity index (χ4v) is 1.42. The average Bonchev–Trinajstić information content (AvgIpc) is 2.27. The molecule has 1 nitrogen and oxygen atoms in total. The maximum absolute atomic E-state index is 12.7. The van der Waals surface area contributed by atoms with Gasteiger partial charge in [-0.3, -0.25) is 0 Å². The SMILES string of the molecule is Cc1ccc(Oc2ccc(F)cc2)cc1C. The molecule has 2 aromatic rings. The molecule has 0 unspecified atom stereocenters. The molecule has 82 valence electrons. The van der Waals surface area contributed by atoms with Gasteiger partial charge in [-0.15, -0.1) is 0 Å². The van der Waals surface area contributed by atoms with Crippen molar-refractivity contribution < 1.29 is 9.13 Å². The highest BCUT2D eigenvalue weighted by molar-refractivity contribution is 5.37. The van der Waals surface area contributed by atoms with Crippen LogP contribution in [0.4, 0.5) is 4.39 Å². The molecule has 0 radical (unpaired) electrons. The van der Waals surface area contributed by atoms with E-state index in [2.05, 4.69) is 6.92 Å². The van der Waals surface area contributed by atoms with Crippen molar-refractivity contribution in [3.8, 4) is 11.5 Å². The Kier molecular flexibility index (Phi) is 2.91. The van der Waals surface area contributed by atoms with Crippen molar-refractivity contribution in [2.75, 3.05) is 0 Å². The van der Waals surface area contributed by atoms with Gasteiger partial charge in [-0.25, -0.2) is 4.39 Å². The summed E-state index contributed by atoms with van der Waals surface area (Å²) in [4.78, 5) is 0. The molecule has 0 spiro atoms. The number of halogens is 1. The van der Waals surface area contributed by atoms with E-state index in [-0.39, 0.29) is 5.82 Å². The van der Waals surface area contributed by atoms with Crippen molar-refractivity contribution in [1.29, 1.82) is 0 Å². The Labute approximate surface area is 94.5 Å². The monoisotopic (exact) mass is 216 g/mol. The number of hydrogen-bond donors (Lipinski definition) is 0. The van der Waals surface area contributed by atoms with Gasteiger partial charge in [-0.1, -0.05) is 6.07 Å². The van der Waals surface area contributed by atoms with Crippen LogP contribution in [-0.2, 0) is 0 Å². The first-order chi connectivity index (χ1) is 7.65. The molecule has 0 bridgehead atoms. The van der Waals surface area contributed by atoms with Gasteiger partial charge in [0, 0.05) is 0 Å². The van der Waals surface area contributed by atoms with Crippen LogP contribution in [0.2, 0.25) is 0 Å². The molecule has 2 heteroatoms. The van der Waals surface area contributed by atoms with E-state index in [1.807, 2.05) is 25.1 Å². The Morgan fingerprint density at radius 2 is 1.44 bits per heavy atom. The van der Waals surface area contributed by atoms with Gasteiger partial charge in [-0.05, 0) is 61.4 Å². The summed E-state index contributed by atoms with van der Waals surface area (Å²) >= 11 is 0. The molecule has 0 aliphatic rings. The van der Waals surface area contributed by atoms with Crippen LogP contribution in [-0.4, -0.2) is 0 Å². The lowest BCUT2D eigenvalue weighted by Crippen LogP contribution is -1.87. The minimum Gasteiger partial charge on any atom is -0.457 e. The third-order valence-corrected chi connectivity index (χ3v) is 2.53. The van der Waals surface area contributed by atoms with Gasteiger partial charge in [0.1, 0.15) is 17.3 Å². The number of ether oxygens (including phenoxy) is 1. The fourth-order valence-electron chi connectivity index (χ4n) is 1.42. The van der Waals surface area contributed by atoms with E-state index < -0.39 is 0 Å². The number of hydrogen-bond acceptors (Lipinski definition) is 1. The molecule has 2 rings (SSSR count). The van der Waals surface area contributed by atoms with Gasteiger partial charge in [0.15, 0.2) is 0 Å². The summed E-state index contributed by atoms with van der Waals surface area (Å²) in [6.45, 7) is 4.09. The number of benzene rings is 2. The molecule has 0 atom stereocenters. The molecule has 0 heterocycles. The maximum atomic E-state index is 12.7. The average molecular weight is 216 g/mol. The molecule has 0 fully saturated rings. The van der Waals surface area contributed by atoms with Gasteiger partial charge in [0.05, 0.1) is 0 Å². The molecular weight excluding hydrogens is 203 g/mol. The lowest BCUT2D eigenvalue weighted by atomic mass is 10.1. The van der Waals surface area contributed by atoms with Gasteiger partial charge in [0.25, 0.3) is 0 Å². The van der Waals surface area contributed by atoms with Crippen LogP contribution < -0.4 is 4.74 Å².